The molecule has 3 N–H and O–H groups in total. The van der Waals surface area contributed by atoms with E-state index in [2.05, 4.69) is 5.32 Å². The quantitative estimate of drug-likeness (QED) is 0.666. The zero-order valence-electron chi connectivity index (χ0n) is 13.6. The minimum Gasteiger partial charge on any atom is -0.491 e. The third kappa shape index (κ3) is 7.01. The Morgan fingerprint density at radius 3 is 2.48 bits per heavy atom. The molecule has 0 radical (unpaired) electrons. The Hall–Kier alpha value is -2.28. The lowest BCUT2D eigenvalue weighted by atomic mass is 10.2. The summed E-state index contributed by atoms with van der Waals surface area (Å²) in [7, 11) is 0. The number of hydrogen-bond donors (Lipinski definition) is 3. The van der Waals surface area contributed by atoms with Crippen LogP contribution in [0.5, 0.6) is 5.75 Å². The van der Waals surface area contributed by atoms with Crippen molar-refractivity contribution in [3.8, 4) is 5.75 Å². The van der Waals surface area contributed by atoms with Crippen molar-refractivity contribution in [2.75, 3.05) is 18.5 Å². The van der Waals surface area contributed by atoms with Crippen molar-refractivity contribution in [3.05, 3.63) is 23.8 Å². The monoisotopic (exact) mass is 325 g/mol. The number of aromatic carboxylic acids is 1. The molecule has 0 saturated heterocycles. The molecule has 7 heteroatoms. The highest BCUT2D eigenvalue weighted by Gasteiger charge is 2.18. The van der Waals surface area contributed by atoms with Gasteiger partial charge in [-0.2, -0.15) is 0 Å². The summed E-state index contributed by atoms with van der Waals surface area (Å²) in [5.41, 5.74) is -0.266. The fourth-order valence-electron chi connectivity index (χ4n) is 1.69. The van der Waals surface area contributed by atoms with Gasteiger partial charge in [0.25, 0.3) is 0 Å². The van der Waals surface area contributed by atoms with Crippen LogP contribution in [-0.2, 0) is 4.74 Å². The maximum atomic E-state index is 11.8. The molecular weight excluding hydrogens is 302 g/mol. The van der Waals surface area contributed by atoms with Gasteiger partial charge in [-0.3, -0.25) is 5.32 Å². The second-order valence-electron chi connectivity index (χ2n) is 5.92. The minimum atomic E-state index is -1.09. The van der Waals surface area contributed by atoms with E-state index in [4.69, 9.17) is 19.7 Å². The normalized spacial score (nSPS) is 11.0. The highest BCUT2D eigenvalue weighted by molar-refractivity contribution is 5.92. The summed E-state index contributed by atoms with van der Waals surface area (Å²) in [5, 5.41) is 20.3. The van der Waals surface area contributed by atoms with E-state index in [1.54, 1.807) is 20.8 Å². The fraction of sp³-hybridized carbons (Fsp3) is 0.500. The molecule has 0 saturated carbocycles. The molecule has 0 bridgehead atoms. The number of ether oxygens (including phenoxy) is 2. The van der Waals surface area contributed by atoms with Crippen molar-refractivity contribution in [2.45, 2.75) is 39.2 Å². The van der Waals surface area contributed by atoms with Crippen molar-refractivity contribution in [3.63, 3.8) is 0 Å². The van der Waals surface area contributed by atoms with Crippen LogP contribution in [0, 0.1) is 0 Å². The molecule has 0 unspecified atom stereocenters. The largest absolute Gasteiger partial charge is 0.491 e. The van der Waals surface area contributed by atoms with Crippen LogP contribution < -0.4 is 10.1 Å². The number of nitrogens with one attached hydrogen (secondary N) is 1. The van der Waals surface area contributed by atoms with Crippen LogP contribution in [0.2, 0.25) is 0 Å². The molecule has 128 valence electrons. The Morgan fingerprint density at radius 1 is 1.22 bits per heavy atom. The van der Waals surface area contributed by atoms with Crippen LogP contribution in [0.3, 0.4) is 0 Å². The minimum absolute atomic E-state index is 0.0527. The first kappa shape index (κ1) is 18.8. The molecule has 0 aromatic heterocycles. The van der Waals surface area contributed by atoms with Crippen LogP contribution >= 0.6 is 0 Å². The molecule has 0 fully saturated rings. The average molecular weight is 325 g/mol. The Labute approximate surface area is 135 Å². The molecule has 1 rings (SSSR count). The molecule has 0 aliphatic carbocycles. The van der Waals surface area contributed by atoms with Gasteiger partial charge in [-0.25, -0.2) is 9.59 Å². The molecule has 0 atom stereocenters. The number of carbonyl (C=O) groups excluding carboxylic acids is 1. The van der Waals surface area contributed by atoms with Crippen molar-refractivity contribution in [1.29, 1.82) is 0 Å². The fourth-order valence-corrected chi connectivity index (χ4v) is 1.69. The first-order chi connectivity index (χ1) is 10.7. The van der Waals surface area contributed by atoms with E-state index in [0.717, 1.165) is 0 Å². The summed E-state index contributed by atoms with van der Waals surface area (Å²) in [4.78, 5) is 22.9. The van der Waals surface area contributed by atoms with Gasteiger partial charge in [0.2, 0.25) is 0 Å². The molecule has 0 aliphatic heterocycles. The van der Waals surface area contributed by atoms with Crippen LogP contribution in [0.4, 0.5) is 10.5 Å². The third-order valence-electron chi connectivity index (χ3n) is 2.67. The van der Waals surface area contributed by atoms with Crippen LogP contribution in [-0.4, -0.2) is 41.1 Å². The maximum Gasteiger partial charge on any atom is 0.412 e. The van der Waals surface area contributed by atoms with E-state index in [-0.39, 0.29) is 17.9 Å². The van der Waals surface area contributed by atoms with Gasteiger partial charge in [-0.15, -0.1) is 0 Å². The van der Waals surface area contributed by atoms with Gasteiger partial charge in [-0.1, -0.05) is 0 Å². The molecule has 23 heavy (non-hydrogen) atoms. The van der Waals surface area contributed by atoms with E-state index >= 15 is 0 Å². The topological polar surface area (TPSA) is 105 Å². The highest BCUT2D eigenvalue weighted by Crippen LogP contribution is 2.27. The number of carbonyl (C=O) groups is 2. The number of carboxylic acids is 1. The molecule has 0 heterocycles. The first-order valence-electron chi connectivity index (χ1n) is 7.34. The smallest absolute Gasteiger partial charge is 0.412 e. The SMILES string of the molecule is CC(C)(C)OC(=O)Nc1ccc(C(=O)O)cc1OCCCCO. The number of unbranched alkanes of at least 4 members (excludes halogenated alkanes) is 1. The van der Waals surface area contributed by atoms with E-state index in [0.29, 0.717) is 25.1 Å². The van der Waals surface area contributed by atoms with Crippen LogP contribution in [0.1, 0.15) is 44.0 Å². The predicted molar refractivity (Wildman–Crippen MR) is 85.1 cm³/mol. The number of hydrogen-bond acceptors (Lipinski definition) is 5. The second-order valence-corrected chi connectivity index (χ2v) is 5.92. The van der Waals surface area contributed by atoms with E-state index in [1.807, 2.05) is 0 Å². The summed E-state index contributed by atoms with van der Waals surface area (Å²) >= 11 is 0. The lowest BCUT2D eigenvalue weighted by Gasteiger charge is -2.20. The molecule has 1 amide bonds. The summed E-state index contributed by atoms with van der Waals surface area (Å²) in [6.45, 7) is 5.58. The van der Waals surface area contributed by atoms with E-state index in [1.165, 1.54) is 18.2 Å². The molecular formula is C16H23NO6. The Morgan fingerprint density at radius 2 is 1.91 bits per heavy atom. The van der Waals surface area contributed by atoms with Crippen molar-refractivity contribution >= 4 is 17.7 Å². The Balaban J connectivity index is 2.86. The molecule has 1 aromatic rings. The van der Waals surface area contributed by atoms with Crippen molar-refractivity contribution in [1.82, 2.24) is 0 Å². The standard InChI is InChI=1S/C16H23NO6/c1-16(2,3)23-15(21)17-12-7-6-11(14(19)20)10-13(12)22-9-5-4-8-18/h6-7,10,18H,4-5,8-9H2,1-3H3,(H,17,21)(H,19,20). The lowest BCUT2D eigenvalue weighted by Crippen LogP contribution is -2.27. The van der Waals surface area contributed by atoms with Gasteiger partial charge >= 0.3 is 12.1 Å². The number of aliphatic hydroxyl groups excluding tert-OH is 1. The van der Waals surface area contributed by atoms with Gasteiger partial charge in [-0.05, 0) is 51.8 Å². The van der Waals surface area contributed by atoms with Gasteiger partial charge < -0.3 is 19.7 Å². The van der Waals surface area contributed by atoms with Gasteiger partial charge in [0.05, 0.1) is 17.9 Å². The molecule has 7 nitrogen and oxygen atoms in total. The maximum absolute atomic E-state index is 11.8. The Bertz CT molecular complexity index is 550. The summed E-state index contributed by atoms with van der Waals surface area (Å²) in [5.74, 6) is -0.845. The van der Waals surface area contributed by atoms with Gasteiger partial charge in [0.1, 0.15) is 11.4 Å². The number of rotatable bonds is 7. The molecule has 1 aromatic carbocycles. The number of anilines is 1. The average Bonchev–Trinajstić information content (AvgIpc) is 2.42. The number of aliphatic hydroxyl groups is 1. The van der Waals surface area contributed by atoms with Gasteiger partial charge in [0, 0.05) is 6.61 Å². The summed E-state index contributed by atoms with van der Waals surface area (Å²) in [6, 6.07) is 4.17. The van der Waals surface area contributed by atoms with E-state index < -0.39 is 17.7 Å². The zero-order valence-corrected chi connectivity index (χ0v) is 13.6. The van der Waals surface area contributed by atoms with Crippen molar-refractivity contribution < 1.29 is 29.3 Å². The zero-order chi connectivity index (χ0) is 17.5. The predicted octanol–water partition coefficient (Wildman–Crippen LogP) is 2.88. The number of benzene rings is 1. The van der Waals surface area contributed by atoms with Gasteiger partial charge in [0.15, 0.2) is 0 Å². The number of carboxylic acid groups (broad SMARTS) is 1. The van der Waals surface area contributed by atoms with Crippen LogP contribution in [0.25, 0.3) is 0 Å². The highest BCUT2D eigenvalue weighted by atomic mass is 16.6. The molecule has 0 aliphatic rings. The first-order valence-corrected chi connectivity index (χ1v) is 7.34. The van der Waals surface area contributed by atoms with Crippen molar-refractivity contribution in [2.24, 2.45) is 0 Å². The summed E-state index contributed by atoms with van der Waals surface area (Å²) in [6.07, 6.45) is 0.536. The van der Waals surface area contributed by atoms with Crippen LogP contribution in [0.15, 0.2) is 18.2 Å². The summed E-state index contributed by atoms with van der Waals surface area (Å²) < 4.78 is 10.7. The van der Waals surface area contributed by atoms with E-state index in [9.17, 15) is 9.59 Å². The molecule has 0 spiro atoms. The Kier molecular flexibility index (Phi) is 6.84. The third-order valence-corrected chi connectivity index (χ3v) is 2.67. The lowest BCUT2D eigenvalue weighted by molar-refractivity contribution is 0.0634. The number of amides is 1. The second kappa shape index (κ2) is 8.38.